The first-order valence-electron chi connectivity index (χ1n) is 6.29. The van der Waals surface area contributed by atoms with Crippen molar-refractivity contribution < 1.29 is 0 Å². The lowest BCUT2D eigenvalue weighted by Gasteiger charge is -2.15. The number of aryl methyl sites for hydroxylation is 2. The summed E-state index contributed by atoms with van der Waals surface area (Å²) in [7, 11) is 1.96. The van der Waals surface area contributed by atoms with E-state index >= 15 is 0 Å². The fourth-order valence-corrected chi connectivity index (χ4v) is 2.03. The van der Waals surface area contributed by atoms with E-state index in [0.29, 0.717) is 6.04 Å². The zero-order valence-electron chi connectivity index (χ0n) is 11.0. The van der Waals surface area contributed by atoms with Crippen LogP contribution in [0.3, 0.4) is 0 Å². The van der Waals surface area contributed by atoms with Crippen LogP contribution in [0.1, 0.15) is 39.2 Å². The number of hydrogen-bond donors (Lipinski definition) is 1. The Balaban J connectivity index is 2.07. The van der Waals surface area contributed by atoms with Gasteiger partial charge in [-0.15, -0.1) is 0 Å². The molecule has 0 fully saturated rings. The van der Waals surface area contributed by atoms with Gasteiger partial charge in [0.1, 0.15) is 0 Å². The molecule has 0 spiro atoms. The molecular weight excluding hydrogens is 198 g/mol. The molecule has 0 saturated carbocycles. The fraction of sp³-hybridized carbons (Fsp3) is 0.769. The molecule has 3 heteroatoms. The molecule has 16 heavy (non-hydrogen) atoms. The molecule has 1 heterocycles. The summed E-state index contributed by atoms with van der Waals surface area (Å²) in [5.41, 5.74) is 1.33. The minimum absolute atomic E-state index is 0.633. The third kappa shape index (κ3) is 5.31. The Morgan fingerprint density at radius 3 is 2.69 bits per heavy atom. The molecule has 0 saturated heterocycles. The molecule has 0 aliphatic rings. The van der Waals surface area contributed by atoms with Gasteiger partial charge in [-0.1, -0.05) is 13.8 Å². The highest BCUT2D eigenvalue weighted by Gasteiger charge is 2.03. The molecule has 0 aliphatic carbocycles. The predicted molar refractivity (Wildman–Crippen MR) is 68.4 cm³/mol. The van der Waals surface area contributed by atoms with Gasteiger partial charge in [0.25, 0.3) is 0 Å². The van der Waals surface area contributed by atoms with E-state index in [0.717, 1.165) is 18.9 Å². The van der Waals surface area contributed by atoms with Crippen LogP contribution in [0.2, 0.25) is 0 Å². The number of rotatable bonds is 7. The quantitative estimate of drug-likeness (QED) is 0.719. The highest BCUT2D eigenvalue weighted by molar-refractivity contribution is 5.03. The Morgan fingerprint density at radius 1 is 1.38 bits per heavy atom. The van der Waals surface area contributed by atoms with Crippen molar-refractivity contribution in [1.29, 1.82) is 0 Å². The van der Waals surface area contributed by atoms with Crippen LogP contribution in [0.25, 0.3) is 0 Å². The van der Waals surface area contributed by atoms with E-state index in [-0.39, 0.29) is 0 Å². The van der Waals surface area contributed by atoms with Crippen LogP contribution in [-0.2, 0) is 13.5 Å². The predicted octanol–water partition coefficient (Wildman–Crippen LogP) is 2.38. The van der Waals surface area contributed by atoms with Crippen molar-refractivity contribution in [3.8, 4) is 0 Å². The van der Waals surface area contributed by atoms with Crippen LogP contribution in [0, 0.1) is 5.92 Å². The van der Waals surface area contributed by atoms with E-state index in [1.54, 1.807) is 0 Å². The molecule has 3 nitrogen and oxygen atoms in total. The van der Waals surface area contributed by atoms with Crippen LogP contribution < -0.4 is 5.32 Å². The van der Waals surface area contributed by atoms with Gasteiger partial charge in [0.2, 0.25) is 0 Å². The first-order chi connectivity index (χ1) is 7.58. The van der Waals surface area contributed by atoms with Crippen molar-refractivity contribution in [2.45, 2.75) is 46.1 Å². The van der Waals surface area contributed by atoms with Crippen LogP contribution in [0.5, 0.6) is 0 Å². The van der Waals surface area contributed by atoms with Gasteiger partial charge in [0, 0.05) is 19.3 Å². The number of nitrogens with zero attached hydrogens (tertiary/aromatic N) is 2. The molecule has 1 aromatic heterocycles. The lowest BCUT2D eigenvalue weighted by molar-refractivity contribution is 0.439. The summed E-state index contributed by atoms with van der Waals surface area (Å²) >= 11 is 0. The van der Waals surface area contributed by atoms with Crippen LogP contribution in [-0.4, -0.2) is 22.4 Å². The lowest BCUT2D eigenvalue weighted by atomic mass is 10.1. The second-order valence-corrected chi connectivity index (χ2v) is 5.11. The second-order valence-electron chi connectivity index (χ2n) is 5.11. The average Bonchev–Trinajstić information content (AvgIpc) is 2.58. The summed E-state index contributed by atoms with van der Waals surface area (Å²) in [5, 5.41) is 7.73. The summed E-state index contributed by atoms with van der Waals surface area (Å²) in [6, 6.07) is 0.633. The number of aromatic nitrogens is 2. The average molecular weight is 223 g/mol. The van der Waals surface area contributed by atoms with E-state index < -0.39 is 0 Å². The summed E-state index contributed by atoms with van der Waals surface area (Å²) in [6.07, 6.45) is 7.62. The van der Waals surface area contributed by atoms with Crippen molar-refractivity contribution in [3.05, 3.63) is 18.0 Å². The van der Waals surface area contributed by atoms with Gasteiger partial charge in [0.05, 0.1) is 6.20 Å². The standard InChI is InChI=1S/C13H25N3/c1-11(2)8-12(3)14-7-5-6-13-9-15-16(4)10-13/h9-12,14H,5-8H2,1-4H3. The molecule has 0 bridgehead atoms. The van der Waals surface area contributed by atoms with Gasteiger partial charge < -0.3 is 5.32 Å². The Hall–Kier alpha value is -0.830. The van der Waals surface area contributed by atoms with Crippen molar-refractivity contribution in [2.24, 2.45) is 13.0 Å². The molecule has 1 unspecified atom stereocenters. The molecule has 1 rings (SSSR count). The van der Waals surface area contributed by atoms with Crippen molar-refractivity contribution in [2.75, 3.05) is 6.54 Å². The molecule has 1 atom stereocenters. The van der Waals surface area contributed by atoms with E-state index in [4.69, 9.17) is 0 Å². The normalized spacial score (nSPS) is 13.3. The summed E-state index contributed by atoms with van der Waals surface area (Å²) < 4.78 is 1.87. The third-order valence-corrected chi connectivity index (χ3v) is 2.72. The topological polar surface area (TPSA) is 29.9 Å². The van der Waals surface area contributed by atoms with Gasteiger partial charge in [-0.25, -0.2) is 0 Å². The van der Waals surface area contributed by atoms with Crippen LogP contribution >= 0.6 is 0 Å². The van der Waals surface area contributed by atoms with Crippen molar-refractivity contribution >= 4 is 0 Å². The minimum atomic E-state index is 0.633. The molecule has 0 aliphatic heterocycles. The van der Waals surface area contributed by atoms with E-state index in [2.05, 4.69) is 37.4 Å². The zero-order chi connectivity index (χ0) is 12.0. The van der Waals surface area contributed by atoms with Crippen LogP contribution in [0.4, 0.5) is 0 Å². The molecule has 1 aromatic rings. The highest BCUT2D eigenvalue weighted by atomic mass is 15.2. The Bertz CT molecular complexity index is 291. The van der Waals surface area contributed by atoms with Gasteiger partial charge in [-0.3, -0.25) is 4.68 Å². The lowest BCUT2D eigenvalue weighted by Crippen LogP contribution is -2.28. The zero-order valence-corrected chi connectivity index (χ0v) is 11.0. The molecule has 0 radical (unpaired) electrons. The largest absolute Gasteiger partial charge is 0.314 e. The Labute approximate surface area is 99.2 Å². The van der Waals surface area contributed by atoms with Gasteiger partial charge in [-0.05, 0) is 44.2 Å². The first kappa shape index (κ1) is 13.2. The van der Waals surface area contributed by atoms with Gasteiger partial charge in [0.15, 0.2) is 0 Å². The maximum Gasteiger partial charge on any atom is 0.0521 e. The molecule has 1 N–H and O–H groups in total. The number of nitrogens with one attached hydrogen (secondary N) is 1. The minimum Gasteiger partial charge on any atom is -0.314 e. The van der Waals surface area contributed by atoms with Gasteiger partial charge >= 0.3 is 0 Å². The molecule has 0 aromatic carbocycles. The van der Waals surface area contributed by atoms with E-state index in [9.17, 15) is 0 Å². The van der Waals surface area contributed by atoms with E-state index in [1.807, 2.05) is 17.9 Å². The molecular formula is C13H25N3. The fourth-order valence-electron chi connectivity index (χ4n) is 2.03. The second kappa shape index (κ2) is 6.69. The maximum absolute atomic E-state index is 4.17. The summed E-state index contributed by atoms with van der Waals surface area (Å²) in [5.74, 6) is 0.779. The monoisotopic (exact) mass is 223 g/mol. The van der Waals surface area contributed by atoms with E-state index in [1.165, 1.54) is 18.4 Å². The number of hydrogen-bond acceptors (Lipinski definition) is 2. The highest BCUT2D eigenvalue weighted by Crippen LogP contribution is 2.04. The smallest absolute Gasteiger partial charge is 0.0521 e. The summed E-state index contributed by atoms with van der Waals surface area (Å²) in [6.45, 7) is 7.91. The molecule has 92 valence electrons. The van der Waals surface area contributed by atoms with Crippen LogP contribution in [0.15, 0.2) is 12.4 Å². The Morgan fingerprint density at radius 2 is 2.12 bits per heavy atom. The SMILES string of the molecule is CC(C)CC(C)NCCCc1cnn(C)c1. The summed E-state index contributed by atoms with van der Waals surface area (Å²) in [4.78, 5) is 0. The van der Waals surface area contributed by atoms with Crippen molar-refractivity contribution in [1.82, 2.24) is 15.1 Å². The third-order valence-electron chi connectivity index (χ3n) is 2.72. The first-order valence-corrected chi connectivity index (χ1v) is 6.29. The van der Waals surface area contributed by atoms with Crippen molar-refractivity contribution in [3.63, 3.8) is 0 Å². The maximum atomic E-state index is 4.17. The Kier molecular flexibility index (Phi) is 5.53. The molecule has 0 amide bonds. The van der Waals surface area contributed by atoms with Gasteiger partial charge in [-0.2, -0.15) is 5.10 Å².